The third-order valence-corrected chi connectivity index (χ3v) is 4.60. The first kappa shape index (κ1) is 14.3. The molecule has 0 aromatic carbocycles. The quantitative estimate of drug-likeness (QED) is 0.812. The van der Waals surface area contributed by atoms with E-state index in [0.29, 0.717) is 11.5 Å². The van der Waals surface area contributed by atoms with E-state index in [0.717, 1.165) is 25.0 Å². The van der Waals surface area contributed by atoms with E-state index in [2.05, 4.69) is 39.9 Å². The van der Waals surface area contributed by atoms with Crippen molar-refractivity contribution in [3.05, 3.63) is 0 Å². The van der Waals surface area contributed by atoms with Crippen LogP contribution in [0.15, 0.2) is 0 Å². The van der Waals surface area contributed by atoms with Crippen LogP contribution in [0.2, 0.25) is 0 Å². The number of morpholine rings is 1. The maximum absolute atomic E-state index is 6.36. The van der Waals surface area contributed by atoms with Crippen LogP contribution in [-0.4, -0.2) is 24.8 Å². The van der Waals surface area contributed by atoms with E-state index in [1.54, 1.807) is 0 Å². The Labute approximate surface area is 113 Å². The minimum Gasteiger partial charge on any atom is -0.372 e. The lowest BCUT2D eigenvalue weighted by molar-refractivity contribution is -0.153. The van der Waals surface area contributed by atoms with Crippen LogP contribution in [0.4, 0.5) is 0 Å². The monoisotopic (exact) mass is 253 g/mol. The number of nitrogens with one attached hydrogen (secondary N) is 1. The van der Waals surface area contributed by atoms with Crippen molar-refractivity contribution >= 4 is 0 Å². The molecule has 1 aliphatic heterocycles. The summed E-state index contributed by atoms with van der Waals surface area (Å²) < 4.78 is 6.36. The van der Waals surface area contributed by atoms with Crippen LogP contribution in [0.3, 0.4) is 0 Å². The highest BCUT2D eigenvalue weighted by atomic mass is 16.5. The molecule has 0 aromatic heterocycles. The predicted molar refractivity (Wildman–Crippen MR) is 76.7 cm³/mol. The minimum atomic E-state index is 0.101. The maximum Gasteiger partial charge on any atom is 0.0843 e. The van der Waals surface area contributed by atoms with E-state index < -0.39 is 0 Å². The number of hydrogen-bond acceptors (Lipinski definition) is 2. The average molecular weight is 253 g/mol. The number of rotatable bonds is 2. The second-order valence-corrected chi connectivity index (χ2v) is 7.90. The highest BCUT2D eigenvalue weighted by molar-refractivity contribution is 5.03. The predicted octanol–water partition coefficient (Wildman–Crippen LogP) is 3.61. The molecule has 106 valence electrons. The van der Waals surface area contributed by atoms with Crippen molar-refractivity contribution in [1.29, 1.82) is 0 Å². The fourth-order valence-corrected chi connectivity index (χ4v) is 4.48. The summed E-state index contributed by atoms with van der Waals surface area (Å²) in [6.07, 6.45) is 5.03. The number of hydrogen-bond donors (Lipinski definition) is 1. The second kappa shape index (κ2) is 5.13. The molecule has 3 atom stereocenters. The molecule has 0 radical (unpaired) electrons. The second-order valence-electron chi connectivity index (χ2n) is 7.90. The van der Waals surface area contributed by atoms with Crippen molar-refractivity contribution in [3.63, 3.8) is 0 Å². The highest BCUT2D eigenvalue weighted by Gasteiger charge is 2.49. The molecule has 2 nitrogen and oxygen atoms in total. The van der Waals surface area contributed by atoms with Gasteiger partial charge in [0.15, 0.2) is 0 Å². The van der Waals surface area contributed by atoms with Gasteiger partial charge in [0, 0.05) is 12.6 Å². The van der Waals surface area contributed by atoms with Crippen molar-refractivity contribution in [3.8, 4) is 0 Å². The van der Waals surface area contributed by atoms with Gasteiger partial charge in [-0.2, -0.15) is 0 Å². The summed E-state index contributed by atoms with van der Waals surface area (Å²) in [5.41, 5.74) is 0.523. The first-order chi connectivity index (χ1) is 8.33. The van der Waals surface area contributed by atoms with Crippen LogP contribution in [0, 0.1) is 17.3 Å². The summed E-state index contributed by atoms with van der Waals surface area (Å²) in [5.74, 6) is 1.52. The van der Waals surface area contributed by atoms with Gasteiger partial charge in [-0.25, -0.2) is 0 Å². The Hall–Kier alpha value is -0.0800. The van der Waals surface area contributed by atoms with Gasteiger partial charge in [-0.3, -0.25) is 0 Å². The first-order valence-corrected chi connectivity index (χ1v) is 7.70. The third kappa shape index (κ3) is 3.08. The fourth-order valence-electron chi connectivity index (χ4n) is 4.48. The molecule has 18 heavy (non-hydrogen) atoms. The van der Waals surface area contributed by atoms with E-state index in [1.165, 1.54) is 25.7 Å². The van der Waals surface area contributed by atoms with Crippen LogP contribution in [-0.2, 0) is 4.74 Å². The molecule has 3 unspecified atom stereocenters. The Kier molecular flexibility index (Phi) is 4.08. The Morgan fingerprint density at radius 3 is 2.61 bits per heavy atom. The van der Waals surface area contributed by atoms with Crippen molar-refractivity contribution in [1.82, 2.24) is 5.32 Å². The van der Waals surface area contributed by atoms with Crippen molar-refractivity contribution < 1.29 is 4.74 Å². The van der Waals surface area contributed by atoms with Crippen molar-refractivity contribution in [2.24, 2.45) is 17.3 Å². The average Bonchev–Trinajstić information content (AvgIpc) is 2.17. The summed E-state index contributed by atoms with van der Waals surface area (Å²) in [7, 11) is 0. The zero-order valence-corrected chi connectivity index (χ0v) is 12.9. The zero-order valence-electron chi connectivity index (χ0n) is 12.9. The summed E-state index contributed by atoms with van der Waals surface area (Å²) >= 11 is 0. The van der Waals surface area contributed by atoms with Crippen LogP contribution in [0.5, 0.6) is 0 Å². The third-order valence-electron chi connectivity index (χ3n) is 4.60. The van der Waals surface area contributed by atoms with E-state index in [1.807, 2.05) is 0 Å². The van der Waals surface area contributed by atoms with Gasteiger partial charge in [-0.1, -0.05) is 34.6 Å². The SMILES string of the molecule is CC(C)CC1NCCOC12CC(C)CC(C)(C)C2. The molecule has 1 N–H and O–H groups in total. The molecule has 0 amide bonds. The summed E-state index contributed by atoms with van der Waals surface area (Å²) in [5, 5.41) is 3.74. The molecule has 1 aliphatic carbocycles. The Morgan fingerprint density at radius 1 is 1.28 bits per heavy atom. The van der Waals surface area contributed by atoms with E-state index in [-0.39, 0.29) is 5.60 Å². The van der Waals surface area contributed by atoms with Crippen LogP contribution in [0.1, 0.15) is 60.3 Å². The van der Waals surface area contributed by atoms with Gasteiger partial charge in [0.2, 0.25) is 0 Å². The lowest BCUT2D eigenvalue weighted by atomic mass is 9.62. The van der Waals surface area contributed by atoms with Crippen LogP contribution >= 0.6 is 0 Å². The van der Waals surface area contributed by atoms with Crippen molar-refractivity contribution in [2.75, 3.05) is 13.2 Å². The molecule has 1 saturated heterocycles. The van der Waals surface area contributed by atoms with Crippen LogP contribution < -0.4 is 5.32 Å². The van der Waals surface area contributed by atoms with Gasteiger partial charge in [0.1, 0.15) is 0 Å². The van der Waals surface area contributed by atoms with Gasteiger partial charge in [-0.15, -0.1) is 0 Å². The van der Waals surface area contributed by atoms with Crippen molar-refractivity contribution in [2.45, 2.75) is 71.9 Å². The molecule has 2 heteroatoms. The molecule has 2 rings (SSSR count). The van der Waals surface area contributed by atoms with Gasteiger partial charge >= 0.3 is 0 Å². The van der Waals surface area contributed by atoms with Gasteiger partial charge in [0.05, 0.1) is 12.2 Å². The smallest absolute Gasteiger partial charge is 0.0843 e. The molecule has 0 aromatic rings. The maximum atomic E-state index is 6.36. The summed E-state index contributed by atoms with van der Waals surface area (Å²) in [4.78, 5) is 0. The molecule has 0 bridgehead atoms. The number of ether oxygens (including phenoxy) is 1. The van der Waals surface area contributed by atoms with Gasteiger partial charge in [-0.05, 0) is 42.9 Å². The summed E-state index contributed by atoms with van der Waals surface area (Å²) in [6, 6.07) is 0.549. The molecular formula is C16H31NO. The molecule has 2 aliphatic rings. The van der Waals surface area contributed by atoms with E-state index in [4.69, 9.17) is 4.74 Å². The minimum absolute atomic E-state index is 0.101. The Bertz CT molecular complexity index is 287. The molecule has 2 fully saturated rings. The van der Waals surface area contributed by atoms with Crippen LogP contribution in [0.25, 0.3) is 0 Å². The molecule has 1 heterocycles. The Morgan fingerprint density at radius 2 is 2.00 bits per heavy atom. The lowest BCUT2D eigenvalue weighted by Crippen LogP contribution is -2.62. The Balaban J connectivity index is 2.18. The summed E-state index contributed by atoms with van der Waals surface area (Å²) in [6.45, 7) is 13.8. The largest absolute Gasteiger partial charge is 0.372 e. The zero-order chi connectivity index (χ0) is 13.4. The normalized spacial score (nSPS) is 40.3. The fraction of sp³-hybridized carbons (Fsp3) is 1.00. The molecule has 1 spiro atoms. The van der Waals surface area contributed by atoms with E-state index >= 15 is 0 Å². The molecule has 1 saturated carbocycles. The lowest BCUT2D eigenvalue weighted by Gasteiger charge is -2.53. The standard InChI is InChI=1S/C16H31NO/c1-12(2)8-14-16(18-7-6-17-14)10-13(3)9-15(4,5)11-16/h12-14,17H,6-11H2,1-5H3. The van der Waals surface area contributed by atoms with Gasteiger partial charge < -0.3 is 10.1 Å². The highest BCUT2D eigenvalue weighted by Crippen LogP contribution is 2.48. The first-order valence-electron chi connectivity index (χ1n) is 7.70. The van der Waals surface area contributed by atoms with E-state index in [9.17, 15) is 0 Å². The van der Waals surface area contributed by atoms with Gasteiger partial charge in [0.25, 0.3) is 0 Å². The topological polar surface area (TPSA) is 21.3 Å². The molecular weight excluding hydrogens is 222 g/mol.